The molecule has 0 aliphatic carbocycles. The number of thiophene rings is 1. The molecular weight excluding hydrogens is 498 g/mol. The molecule has 0 radical (unpaired) electrons. The van der Waals surface area contributed by atoms with E-state index in [0.717, 1.165) is 40.0 Å². The highest BCUT2D eigenvalue weighted by atomic mass is 32.1. The van der Waals surface area contributed by atoms with Crippen LogP contribution in [0, 0.1) is 13.8 Å². The van der Waals surface area contributed by atoms with E-state index in [2.05, 4.69) is 20.2 Å². The first-order chi connectivity index (χ1) is 18.2. The van der Waals surface area contributed by atoms with Gasteiger partial charge < -0.3 is 19.9 Å². The number of rotatable bonds is 10. The van der Waals surface area contributed by atoms with Gasteiger partial charge in [0.25, 0.3) is 5.91 Å². The van der Waals surface area contributed by atoms with Crippen molar-refractivity contribution in [3.63, 3.8) is 0 Å². The number of nitrogens with one attached hydrogen (secondary N) is 1. The lowest BCUT2D eigenvalue weighted by Crippen LogP contribution is -2.29. The Bertz CT molecular complexity index is 1410. The molecule has 3 aromatic heterocycles. The molecule has 0 saturated heterocycles. The summed E-state index contributed by atoms with van der Waals surface area (Å²) in [6.07, 6.45) is 2.82. The number of anilines is 1. The standard InChI is InChI=1S/C29H33N5O3S/c1-19-15-20(2)31-26(16-19)32-27(35)17-21-7-9-22(10-8-21)37-24-11-12-30-23-18-25(38-28(23)24)29(36)34(5)14-6-13-33(3)4/h7-12,15-16,18H,6,13-14,17H2,1-5H3,(H,31,32,35). The first-order valence-electron chi connectivity index (χ1n) is 12.5. The van der Waals surface area contributed by atoms with Crippen molar-refractivity contribution in [2.75, 3.05) is 39.5 Å². The average Bonchev–Trinajstić information content (AvgIpc) is 3.29. The summed E-state index contributed by atoms with van der Waals surface area (Å²) in [5.74, 6) is 1.69. The summed E-state index contributed by atoms with van der Waals surface area (Å²) in [5, 5.41) is 2.86. The molecule has 4 aromatic rings. The van der Waals surface area contributed by atoms with E-state index < -0.39 is 0 Å². The molecule has 0 bridgehead atoms. The molecule has 2 amide bonds. The summed E-state index contributed by atoms with van der Waals surface area (Å²) in [7, 11) is 5.88. The second-order valence-corrected chi connectivity index (χ2v) is 10.7. The summed E-state index contributed by atoms with van der Waals surface area (Å²) >= 11 is 1.39. The number of hydrogen-bond donors (Lipinski definition) is 1. The van der Waals surface area contributed by atoms with Gasteiger partial charge >= 0.3 is 0 Å². The second kappa shape index (κ2) is 12.1. The van der Waals surface area contributed by atoms with E-state index in [1.807, 2.05) is 77.5 Å². The number of carbonyl (C=O) groups excluding carboxylic acids is 2. The van der Waals surface area contributed by atoms with Crippen molar-refractivity contribution in [1.29, 1.82) is 0 Å². The predicted octanol–water partition coefficient (Wildman–Crippen LogP) is 5.31. The van der Waals surface area contributed by atoms with Crippen LogP contribution < -0.4 is 10.1 Å². The van der Waals surface area contributed by atoms with Crippen LogP contribution in [0.2, 0.25) is 0 Å². The number of aryl methyl sites for hydroxylation is 2. The van der Waals surface area contributed by atoms with Gasteiger partial charge in [0.1, 0.15) is 17.3 Å². The van der Waals surface area contributed by atoms with Crippen LogP contribution >= 0.6 is 11.3 Å². The summed E-state index contributed by atoms with van der Waals surface area (Å²) in [6, 6.07) is 14.8. The molecule has 9 heteroatoms. The Morgan fingerprint density at radius 2 is 1.76 bits per heavy atom. The van der Waals surface area contributed by atoms with Gasteiger partial charge in [0, 0.05) is 31.5 Å². The van der Waals surface area contributed by atoms with Crippen LogP contribution in [0.3, 0.4) is 0 Å². The normalized spacial score (nSPS) is 11.1. The van der Waals surface area contributed by atoms with Crippen LogP contribution in [0.15, 0.2) is 54.7 Å². The Labute approximate surface area is 227 Å². The molecule has 1 N–H and O–H groups in total. The Kier molecular flexibility index (Phi) is 8.70. The minimum atomic E-state index is -0.130. The molecule has 3 heterocycles. The Morgan fingerprint density at radius 1 is 1.00 bits per heavy atom. The quantitative estimate of drug-likeness (QED) is 0.299. The van der Waals surface area contributed by atoms with Crippen molar-refractivity contribution in [1.82, 2.24) is 19.8 Å². The van der Waals surface area contributed by atoms with E-state index in [0.29, 0.717) is 28.7 Å². The van der Waals surface area contributed by atoms with Crippen molar-refractivity contribution in [2.24, 2.45) is 0 Å². The number of amides is 2. The van der Waals surface area contributed by atoms with Crippen molar-refractivity contribution in [2.45, 2.75) is 26.7 Å². The Hall–Kier alpha value is -3.82. The molecule has 4 rings (SSSR count). The van der Waals surface area contributed by atoms with E-state index in [4.69, 9.17) is 4.74 Å². The average molecular weight is 532 g/mol. The summed E-state index contributed by atoms with van der Waals surface area (Å²) in [4.78, 5) is 38.7. The van der Waals surface area contributed by atoms with Gasteiger partial charge in [0.2, 0.25) is 5.91 Å². The fourth-order valence-corrected chi connectivity index (χ4v) is 5.15. The molecule has 38 heavy (non-hydrogen) atoms. The van der Waals surface area contributed by atoms with Gasteiger partial charge in [-0.25, -0.2) is 4.98 Å². The van der Waals surface area contributed by atoms with E-state index >= 15 is 0 Å². The fourth-order valence-electron chi connectivity index (χ4n) is 4.09. The molecule has 198 valence electrons. The minimum absolute atomic E-state index is 0.0173. The highest BCUT2D eigenvalue weighted by molar-refractivity contribution is 7.21. The van der Waals surface area contributed by atoms with Crippen LogP contribution in [0.25, 0.3) is 10.2 Å². The highest BCUT2D eigenvalue weighted by Crippen LogP contribution is 2.35. The molecule has 0 spiro atoms. The van der Waals surface area contributed by atoms with Gasteiger partial charge in [0.05, 0.1) is 21.5 Å². The fraction of sp³-hybridized carbons (Fsp3) is 0.310. The maximum atomic E-state index is 13.0. The van der Waals surface area contributed by atoms with Gasteiger partial charge in [-0.05, 0) is 82.4 Å². The van der Waals surface area contributed by atoms with E-state index in [-0.39, 0.29) is 18.2 Å². The molecule has 8 nitrogen and oxygen atoms in total. The SMILES string of the molecule is Cc1cc(C)nc(NC(=O)Cc2ccc(Oc3ccnc4cc(C(=O)N(C)CCCN(C)C)sc34)cc2)c1. The van der Waals surface area contributed by atoms with Crippen molar-refractivity contribution in [3.05, 3.63) is 76.4 Å². The zero-order valence-corrected chi connectivity index (χ0v) is 23.3. The molecule has 0 fully saturated rings. The second-order valence-electron chi connectivity index (χ2n) is 9.66. The maximum Gasteiger partial charge on any atom is 0.263 e. The first-order valence-corrected chi connectivity index (χ1v) is 13.3. The van der Waals surface area contributed by atoms with Crippen molar-refractivity contribution < 1.29 is 14.3 Å². The zero-order valence-electron chi connectivity index (χ0n) is 22.4. The molecule has 0 atom stereocenters. The largest absolute Gasteiger partial charge is 0.456 e. The number of hydrogen-bond acceptors (Lipinski definition) is 7. The van der Waals surface area contributed by atoms with E-state index in [1.165, 1.54) is 11.3 Å². The smallest absolute Gasteiger partial charge is 0.263 e. The van der Waals surface area contributed by atoms with Gasteiger partial charge in [0.15, 0.2) is 0 Å². The Morgan fingerprint density at radius 3 is 2.47 bits per heavy atom. The lowest BCUT2D eigenvalue weighted by atomic mass is 10.1. The van der Waals surface area contributed by atoms with Crippen LogP contribution in [0.5, 0.6) is 11.5 Å². The molecule has 1 aromatic carbocycles. The predicted molar refractivity (Wildman–Crippen MR) is 152 cm³/mol. The number of aromatic nitrogens is 2. The van der Waals surface area contributed by atoms with Crippen molar-refractivity contribution in [3.8, 4) is 11.5 Å². The summed E-state index contributed by atoms with van der Waals surface area (Å²) in [5.41, 5.74) is 3.50. The monoisotopic (exact) mass is 531 g/mol. The number of nitrogens with zero attached hydrogens (tertiary/aromatic N) is 4. The number of fused-ring (bicyclic) bond motifs is 1. The van der Waals surface area contributed by atoms with Gasteiger partial charge in [-0.15, -0.1) is 11.3 Å². The van der Waals surface area contributed by atoms with Crippen LogP contribution in [-0.4, -0.2) is 65.8 Å². The molecule has 0 unspecified atom stereocenters. The van der Waals surface area contributed by atoms with Crippen LogP contribution in [-0.2, 0) is 11.2 Å². The number of carbonyl (C=O) groups is 2. The molecule has 0 aliphatic heterocycles. The zero-order chi connectivity index (χ0) is 27.2. The van der Waals surface area contributed by atoms with Gasteiger partial charge in [-0.1, -0.05) is 12.1 Å². The third-order valence-electron chi connectivity index (χ3n) is 5.91. The number of pyridine rings is 2. The highest BCUT2D eigenvalue weighted by Gasteiger charge is 2.18. The van der Waals surface area contributed by atoms with Crippen LogP contribution in [0.4, 0.5) is 5.82 Å². The van der Waals surface area contributed by atoms with Gasteiger partial charge in [-0.2, -0.15) is 0 Å². The molecule has 0 saturated carbocycles. The Balaban J connectivity index is 1.40. The topological polar surface area (TPSA) is 87.7 Å². The number of benzene rings is 1. The van der Waals surface area contributed by atoms with Gasteiger partial charge in [-0.3, -0.25) is 14.6 Å². The summed E-state index contributed by atoms with van der Waals surface area (Å²) < 4.78 is 6.97. The number of ether oxygens (including phenoxy) is 1. The van der Waals surface area contributed by atoms with Crippen LogP contribution in [0.1, 0.15) is 32.9 Å². The molecular formula is C29H33N5O3S. The third kappa shape index (κ3) is 7.14. The van der Waals surface area contributed by atoms with E-state index in [9.17, 15) is 9.59 Å². The lowest BCUT2D eigenvalue weighted by Gasteiger charge is -2.17. The lowest BCUT2D eigenvalue weighted by molar-refractivity contribution is -0.115. The maximum absolute atomic E-state index is 13.0. The third-order valence-corrected chi connectivity index (χ3v) is 7.04. The molecule has 0 aliphatic rings. The van der Waals surface area contributed by atoms with E-state index in [1.54, 1.807) is 17.2 Å². The van der Waals surface area contributed by atoms with Crippen molar-refractivity contribution >= 4 is 39.2 Å². The first kappa shape index (κ1) is 27.2. The summed E-state index contributed by atoms with van der Waals surface area (Å²) in [6.45, 7) is 5.49. The minimum Gasteiger partial charge on any atom is -0.456 e.